The number of nitrogens with two attached hydrogens (primary N) is 1. The normalized spacial score (nSPS) is 15.9. The van der Waals surface area contributed by atoms with Crippen LogP contribution in [0.5, 0.6) is 0 Å². The van der Waals surface area contributed by atoms with Gasteiger partial charge < -0.3 is 16.4 Å². The number of anilines is 2. The second-order valence-corrected chi connectivity index (χ2v) is 8.15. The summed E-state index contributed by atoms with van der Waals surface area (Å²) in [5.74, 6) is -0.239. The second kappa shape index (κ2) is 9.19. The van der Waals surface area contributed by atoms with E-state index in [9.17, 15) is 9.59 Å². The van der Waals surface area contributed by atoms with E-state index in [1.807, 2.05) is 0 Å². The number of amides is 2. The molecule has 6 nitrogen and oxygen atoms in total. The quantitative estimate of drug-likeness (QED) is 0.629. The minimum Gasteiger partial charge on any atom is -0.398 e. The van der Waals surface area contributed by atoms with Gasteiger partial charge in [0.05, 0.1) is 5.56 Å². The zero-order chi connectivity index (χ0) is 19.2. The van der Waals surface area contributed by atoms with Crippen molar-refractivity contribution in [2.24, 2.45) is 5.92 Å². The summed E-state index contributed by atoms with van der Waals surface area (Å²) in [7, 11) is 0. The first-order chi connectivity index (χ1) is 13.0. The van der Waals surface area contributed by atoms with Crippen LogP contribution in [0.3, 0.4) is 0 Å². The van der Waals surface area contributed by atoms with Gasteiger partial charge in [-0.1, -0.05) is 43.7 Å². The van der Waals surface area contributed by atoms with E-state index < -0.39 is 11.9 Å². The maximum absolute atomic E-state index is 12.8. The van der Waals surface area contributed by atoms with E-state index in [4.69, 9.17) is 17.3 Å². The van der Waals surface area contributed by atoms with Crippen LogP contribution >= 0.6 is 22.9 Å². The van der Waals surface area contributed by atoms with E-state index in [1.54, 1.807) is 23.7 Å². The summed E-state index contributed by atoms with van der Waals surface area (Å²) < 4.78 is 0. The fourth-order valence-corrected chi connectivity index (χ4v) is 4.13. The van der Waals surface area contributed by atoms with Gasteiger partial charge in [-0.15, -0.1) is 11.3 Å². The van der Waals surface area contributed by atoms with Crippen molar-refractivity contribution < 1.29 is 9.59 Å². The van der Waals surface area contributed by atoms with Crippen LogP contribution < -0.4 is 16.4 Å². The first-order valence-corrected chi connectivity index (χ1v) is 10.3. The van der Waals surface area contributed by atoms with Gasteiger partial charge in [-0.3, -0.25) is 9.59 Å². The monoisotopic (exact) mass is 406 g/mol. The molecule has 3 rings (SSSR count). The predicted octanol–water partition coefficient (Wildman–Crippen LogP) is 4.09. The molecular weight excluding hydrogens is 384 g/mol. The fourth-order valence-electron chi connectivity index (χ4n) is 3.43. The summed E-state index contributed by atoms with van der Waals surface area (Å²) >= 11 is 7.33. The van der Waals surface area contributed by atoms with E-state index in [-0.39, 0.29) is 11.5 Å². The molecule has 1 aliphatic carbocycles. The average Bonchev–Trinajstić information content (AvgIpc) is 3.17. The fraction of sp³-hybridized carbons (Fsp3) is 0.421. The lowest BCUT2D eigenvalue weighted by Crippen LogP contribution is -2.45. The molecule has 1 saturated carbocycles. The smallest absolute Gasteiger partial charge is 0.254 e. The number of thiazole rings is 1. The summed E-state index contributed by atoms with van der Waals surface area (Å²) in [5, 5.41) is 8.37. The molecule has 0 saturated heterocycles. The number of nitrogen functional groups attached to an aromatic ring is 1. The van der Waals surface area contributed by atoms with Gasteiger partial charge in [-0.05, 0) is 30.5 Å². The summed E-state index contributed by atoms with van der Waals surface area (Å²) in [4.78, 5) is 29.6. The molecule has 0 radical (unpaired) electrons. The van der Waals surface area contributed by atoms with Crippen LogP contribution in [0.2, 0.25) is 5.02 Å². The molecule has 0 aliphatic heterocycles. The number of hydrogen-bond acceptors (Lipinski definition) is 5. The topological polar surface area (TPSA) is 97.1 Å². The van der Waals surface area contributed by atoms with Gasteiger partial charge in [-0.25, -0.2) is 4.98 Å². The van der Waals surface area contributed by atoms with Gasteiger partial charge in [0, 0.05) is 22.3 Å². The van der Waals surface area contributed by atoms with Crippen molar-refractivity contribution in [1.82, 2.24) is 10.3 Å². The number of benzene rings is 1. The maximum Gasteiger partial charge on any atom is 0.254 e. The minimum absolute atomic E-state index is 0.260. The van der Waals surface area contributed by atoms with Crippen molar-refractivity contribution in [3.05, 3.63) is 40.4 Å². The third-order valence-electron chi connectivity index (χ3n) is 4.84. The van der Waals surface area contributed by atoms with Crippen LogP contribution in [0, 0.1) is 5.92 Å². The molecule has 1 aromatic carbocycles. The summed E-state index contributed by atoms with van der Waals surface area (Å²) in [6.07, 6.45) is 7.96. The Morgan fingerprint density at radius 3 is 2.78 bits per heavy atom. The van der Waals surface area contributed by atoms with Crippen molar-refractivity contribution >= 4 is 45.6 Å². The van der Waals surface area contributed by atoms with E-state index >= 15 is 0 Å². The Bertz CT molecular complexity index is 791. The molecule has 0 bridgehead atoms. The number of nitrogens with zero attached hydrogens (tertiary/aromatic N) is 1. The Labute approximate surface area is 167 Å². The molecule has 1 unspecified atom stereocenters. The highest BCUT2D eigenvalue weighted by Crippen LogP contribution is 2.28. The Morgan fingerprint density at radius 1 is 1.30 bits per heavy atom. The zero-order valence-corrected chi connectivity index (χ0v) is 16.5. The van der Waals surface area contributed by atoms with Gasteiger partial charge in [0.25, 0.3) is 5.91 Å². The number of rotatable bonds is 6. The molecule has 2 amide bonds. The Hall–Kier alpha value is -2.12. The molecule has 8 heteroatoms. The number of hydrogen-bond donors (Lipinski definition) is 3. The van der Waals surface area contributed by atoms with Crippen LogP contribution in [0.4, 0.5) is 10.8 Å². The largest absolute Gasteiger partial charge is 0.398 e. The molecular formula is C19H23ClN4O2S. The van der Waals surface area contributed by atoms with Crippen molar-refractivity contribution in [1.29, 1.82) is 0 Å². The SMILES string of the molecule is Nc1ccc(Cl)cc1C(=O)NC(CC1CCCCC1)C(=O)Nc1nccs1. The lowest BCUT2D eigenvalue weighted by Gasteiger charge is -2.26. The van der Waals surface area contributed by atoms with Crippen molar-refractivity contribution in [3.8, 4) is 0 Å². The van der Waals surface area contributed by atoms with Crippen LogP contribution in [0.25, 0.3) is 0 Å². The van der Waals surface area contributed by atoms with Gasteiger partial charge in [0.1, 0.15) is 6.04 Å². The van der Waals surface area contributed by atoms with Gasteiger partial charge in [0.2, 0.25) is 5.91 Å². The Balaban J connectivity index is 1.74. The highest BCUT2D eigenvalue weighted by Gasteiger charge is 2.27. The molecule has 1 atom stereocenters. The maximum atomic E-state index is 12.8. The molecule has 1 heterocycles. The van der Waals surface area contributed by atoms with Crippen LogP contribution in [-0.2, 0) is 4.79 Å². The second-order valence-electron chi connectivity index (χ2n) is 6.82. The lowest BCUT2D eigenvalue weighted by atomic mass is 9.84. The van der Waals surface area contributed by atoms with Crippen LogP contribution in [-0.4, -0.2) is 22.8 Å². The molecule has 1 aromatic heterocycles. The Morgan fingerprint density at radius 2 is 2.07 bits per heavy atom. The van der Waals surface area contributed by atoms with E-state index in [2.05, 4.69) is 15.6 Å². The third-order valence-corrected chi connectivity index (χ3v) is 5.76. The van der Waals surface area contributed by atoms with E-state index in [0.29, 0.717) is 28.2 Å². The van der Waals surface area contributed by atoms with Gasteiger partial charge >= 0.3 is 0 Å². The molecule has 144 valence electrons. The predicted molar refractivity (Wildman–Crippen MR) is 109 cm³/mol. The van der Waals surface area contributed by atoms with Gasteiger partial charge in [-0.2, -0.15) is 0 Å². The highest BCUT2D eigenvalue weighted by atomic mass is 35.5. The Kier molecular flexibility index (Phi) is 6.68. The van der Waals surface area contributed by atoms with Crippen molar-refractivity contribution in [2.45, 2.75) is 44.6 Å². The standard InChI is InChI=1S/C19H23ClN4O2S/c20-13-6-7-15(21)14(11-13)17(25)23-16(10-12-4-2-1-3-5-12)18(26)24-19-22-8-9-27-19/h6-9,11-12,16H,1-5,10,21H2,(H,23,25)(H,22,24,26). The molecule has 27 heavy (non-hydrogen) atoms. The molecule has 2 aromatic rings. The average molecular weight is 407 g/mol. The summed E-state index contributed by atoms with van der Waals surface area (Å²) in [6, 6.07) is 4.08. The lowest BCUT2D eigenvalue weighted by molar-refractivity contribution is -0.118. The van der Waals surface area contributed by atoms with Crippen LogP contribution in [0.15, 0.2) is 29.8 Å². The van der Waals surface area contributed by atoms with Gasteiger partial charge in [0.15, 0.2) is 5.13 Å². The molecule has 0 spiro atoms. The van der Waals surface area contributed by atoms with Crippen LogP contribution in [0.1, 0.15) is 48.9 Å². The van der Waals surface area contributed by atoms with E-state index in [0.717, 1.165) is 12.8 Å². The highest BCUT2D eigenvalue weighted by molar-refractivity contribution is 7.13. The number of halogens is 1. The molecule has 1 aliphatic rings. The summed E-state index contributed by atoms with van der Waals surface area (Å²) in [6.45, 7) is 0. The first-order valence-electron chi connectivity index (χ1n) is 9.09. The number of carbonyl (C=O) groups is 2. The van der Waals surface area contributed by atoms with Crippen molar-refractivity contribution in [3.63, 3.8) is 0 Å². The van der Waals surface area contributed by atoms with Crippen molar-refractivity contribution in [2.75, 3.05) is 11.1 Å². The zero-order valence-electron chi connectivity index (χ0n) is 14.9. The first kappa shape index (κ1) is 19.6. The van der Waals surface area contributed by atoms with E-state index in [1.165, 1.54) is 36.7 Å². The molecule has 4 N–H and O–H groups in total. The molecule has 1 fully saturated rings. The third kappa shape index (κ3) is 5.43. The number of aromatic nitrogens is 1. The number of nitrogens with one attached hydrogen (secondary N) is 2. The number of carbonyl (C=O) groups excluding carboxylic acids is 2. The minimum atomic E-state index is -0.650. The summed E-state index contributed by atoms with van der Waals surface area (Å²) in [5.41, 5.74) is 6.51.